The van der Waals surface area contributed by atoms with E-state index in [1.54, 1.807) is 15.6 Å². The van der Waals surface area contributed by atoms with Crippen LogP contribution in [0.25, 0.3) is 0 Å². The first kappa shape index (κ1) is 25.4. The van der Waals surface area contributed by atoms with Crippen LogP contribution in [-0.4, -0.2) is 8.07 Å². The fraction of sp³-hybridized carbons (Fsp3) is 0.353. The molecule has 1 aliphatic rings. The minimum Gasteiger partial charge on any atom is -0.0636 e. The quantitative estimate of drug-likeness (QED) is 0.263. The largest absolute Gasteiger partial charge is 0.177 e. The average Bonchev–Trinajstić information content (AvgIpc) is 3.05. The van der Waals surface area contributed by atoms with Gasteiger partial charge in [-0.05, 0) is 98.1 Å². The SMILES string of the molecule is CCc1cc(CC)c(C)c([Si](C2=C(C)C(C)=C(C)C2C)(c2ccccc2)c2c(C)cccc2C)c1. The van der Waals surface area contributed by atoms with E-state index < -0.39 is 8.07 Å². The molecule has 0 nitrogen and oxygen atoms in total. The van der Waals surface area contributed by atoms with Gasteiger partial charge in [0.2, 0.25) is 0 Å². The lowest BCUT2D eigenvalue weighted by atomic mass is 10.0. The normalized spacial score (nSPS) is 17.8. The van der Waals surface area contributed by atoms with Gasteiger partial charge in [-0.15, -0.1) is 0 Å². The fourth-order valence-electron chi connectivity index (χ4n) is 6.73. The van der Waals surface area contributed by atoms with Crippen molar-refractivity contribution in [1.29, 1.82) is 0 Å². The van der Waals surface area contributed by atoms with Crippen LogP contribution >= 0.6 is 0 Å². The van der Waals surface area contributed by atoms with E-state index >= 15 is 0 Å². The highest BCUT2D eigenvalue weighted by Crippen LogP contribution is 2.42. The molecule has 3 aromatic carbocycles. The second-order valence-electron chi connectivity index (χ2n) is 10.6. The molecule has 182 valence electrons. The van der Waals surface area contributed by atoms with Crippen LogP contribution < -0.4 is 15.6 Å². The Morgan fingerprint density at radius 3 is 1.86 bits per heavy atom. The van der Waals surface area contributed by atoms with Gasteiger partial charge in [0.25, 0.3) is 0 Å². The van der Waals surface area contributed by atoms with E-state index in [1.807, 2.05) is 0 Å². The second kappa shape index (κ2) is 9.78. The zero-order chi connectivity index (χ0) is 25.5. The van der Waals surface area contributed by atoms with E-state index in [0.717, 1.165) is 12.8 Å². The molecule has 0 aromatic heterocycles. The number of rotatable bonds is 6. The highest BCUT2D eigenvalue weighted by molar-refractivity contribution is 7.17. The van der Waals surface area contributed by atoms with Gasteiger partial charge in [-0.1, -0.05) is 109 Å². The van der Waals surface area contributed by atoms with Gasteiger partial charge in [0.05, 0.1) is 0 Å². The molecule has 0 bridgehead atoms. The fourth-order valence-corrected chi connectivity index (χ4v) is 13.3. The van der Waals surface area contributed by atoms with Gasteiger partial charge in [0, 0.05) is 0 Å². The molecule has 1 heteroatoms. The van der Waals surface area contributed by atoms with Crippen molar-refractivity contribution in [3.63, 3.8) is 0 Å². The number of benzene rings is 3. The molecule has 0 saturated carbocycles. The molecule has 0 N–H and O–H groups in total. The van der Waals surface area contributed by atoms with Crippen molar-refractivity contribution in [2.45, 2.75) is 75.2 Å². The second-order valence-corrected chi connectivity index (χ2v) is 14.2. The van der Waals surface area contributed by atoms with E-state index in [1.165, 1.54) is 49.7 Å². The maximum atomic E-state index is 2.59. The van der Waals surface area contributed by atoms with Crippen LogP contribution in [-0.2, 0) is 12.8 Å². The first-order valence-electron chi connectivity index (χ1n) is 13.3. The lowest BCUT2D eigenvalue weighted by molar-refractivity contribution is 0.851. The summed E-state index contributed by atoms with van der Waals surface area (Å²) >= 11 is 0. The van der Waals surface area contributed by atoms with E-state index in [2.05, 4.69) is 123 Å². The van der Waals surface area contributed by atoms with Gasteiger partial charge in [0.15, 0.2) is 8.07 Å². The summed E-state index contributed by atoms with van der Waals surface area (Å²) in [6.45, 7) is 21.3. The van der Waals surface area contributed by atoms with Crippen molar-refractivity contribution < 1.29 is 0 Å². The summed E-state index contributed by atoms with van der Waals surface area (Å²) in [5.74, 6) is 0.440. The molecule has 0 spiro atoms. The third kappa shape index (κ3) is 3.89. The predicted octanol–water partition coefficient (Wildman–Crippen LogP) is 7.05. The van der Waals surface area contributed by atoms with Crippen LogP contribution in [0.3, 0.4) is 0 Å². The average molecular weight is 479 g/mol. The Kier molecular flexibility index (Phi) is 7.11. The Balaban J connectivity index is 2.32. The summed E-state index contributed by atoms with van der Waals surface area (Å²) in [5, 5.41) is 6.39. The number of aryl methyl sites for hydroxylation is 4. The molecule has 0 aliphatic heterocycles. The van der Waals surface area contributed by atoms with Crippen LogP contribution in [0.4, 0.5) is 0 Å². The Morgan fingerprint density at radius 1 is 0.714 bits per heavy atom. The van der Waals surface area contributed by atoms with Crippen LogP contribution in [0.2, 0.25) is 0 Å². The molecule has 4 rings (SSSR count). The van der Waals surface area contributed by atoms with Gasteiger partial charge >= 0.3 is 0 Å². The van der Waals surface area contributed by atoms with Crippen molar-refractivity contribution in [3.8, 4) is 0 Å². The molecule has 2 unspecified atom stereocenters. The van der Waals surface area contributed by atoms with E-state index in [9.17, 15) is 0 Å². The molecule has 0 radical (unpaired) electrons. The van der Waals surface area contributed by atoms with Gasteiger partial charge in [-0.25, -0.2) is 0 Å². The van der Waals surface area contributed by atoms with Gasteiger partial charge in [-0.2, -0.15) is 0 Å². The van der Waals surface area contributed by atoms with Gasteiger partial charge in [-0.3, -0.25) is 0 Å². The Hall–Kier alpha value is -2.64. The molecule has 0 amide bonds. The molecule has 3 aromatic rings. The summed E-state index contributed by atoms with van der Waals surface area (Å²) in [5.41, 5.74) is 11.9. The molecular weight excluding hydrogens is 436 g/mol. The predicted molar refractivity (Wildman–Crippen MR) is 157 cm³/mol. The summed E-state index contributed by atoms with van der Waals surface area (Å²) in [6.07, 6.45) is 2.14. The first-order chi connectivity index (χ1) is 16.7. The van der Waals surface area contributed by atoms with Gasteiger partial charge in [0.1, 0.15) is 0 Å². The summed E-state index contributed by atoms with van der Waals surface area (Å²) in [4.78, 5) is 0. The molecule has 0 heterocycles. The lowest BCUT2D eigenvalue weighted by Crippen LogP contribution is -2.71. The standard InChI is InChI=1S/C34H42Si/c1-10-29-20-30(11-2)28(9)32(21-29)35(31-18-13-12-14-19-31,33-22(3)16-15-17-23(33)4)34-26(7)24(5)25(6)27(34)8/h12-21,26H,10-11H2,1-9H3. The highest BCUT2D eigenvalue weighted by Gasteiger charge is 2.50. The smallest absolute Gasteiger partial charge is 0.0636 e. The zero-order valence-corrected chi connectivity index (χ0v) is 24.3. The Morgan fingerprint density at radius 2 is 1.34 bits per heavy atom. The van der Waals surface area contributed by atoms with Crippen molar-refractivity contribution in [2.24, 2.45) is 5.92 Å². The van der Waals surface area contributed by atoms with Crippen LogP contribution in [0.1, 0.15) is 69.4 Å². The van der Waals surface area contributed by atoms with Crippen molar-refractivity contribution in [1.82, 2.24) is 0 Å². The third-order valence-electron chi connectivity index (χ3n) is 8.88. The number of hydrogen-bond acceptors (Lipinski definition) is 0. The van der Waals surface area contributed by atoms with Crippen LogP contribution in [0.5, 0.6) is 0 Å². The van der Waals surface area contributed by atoms with Crippen molar-refractivity contribution in [3.05, 3.63) is 110 Å². The maximum absolute atomic E-state index is 2.59. The molecule has 1 aliphatic carbocycles. The lowest BCUT2D eigenvalue weighted by Gasteiger charge is -2.42. The third-order valence-corrected chi connectivity index (χ3v) is 14.6. The molecule has 0 saturated heterocycles. The first-order valence-corrected chi connectivity index (χ1v) is 15.3. The number of hydrogen-bond donors (Lipinski definition) is 0. The maximum Gasteiger partial charge on any atom is 0.177 e. The monoisotopic (exact) mass is 478 g/mol. The van der Waals surface area contributed by atoms with E-state index in [-0.39, 0.29) is 0 Å². The van der Waals surface area contributed by atoms with E-state index in [4.69, 9.17) is 0 Å². The summed E-state index contributed by atoms with van der Waals surface area (Å²) in [7, 11) is -2.59. The summed E-state index contributed by atoms with van der Waals surface area (Å²) in [6, 6.07) is 23.5. The summed E-state index contributed by atoms with van der Waals surface area (Å²) < 4.78 is 0. The Bertz CT molecular complexity index is 1300. The Labute approximate surface area is 214 Å². The molecule has 35 heavy (non-hydrogen) atoms. The molecular formula is C34H42Si. The molecule has 0 fully saturated rings. The van der Waals surface area contributed by atoms with Gasteiger partial charge < -0.3 is 0 Å². The zero-order valence-electron chi connectivity index (χ0n) is 23.3. The minimum atomic E-state index is -2.59. The van der Waals surface area contributed by atoms with E-state index in [0.29, 0.717) is 5.92 Å². The van der Waals surface area contributed by atoms with Crippen LogP contribution in [0, 0.1) is 26.7 Å². The minimum absolute atomic E-state index is 0.440. The highest BCUT2D eigenvalue weighted by atomic mass is 28.3. The van der Waals surface area contributed by atoms with Crippen molar-refractivity contribution in [2.75, 3.05) is 0 Å². The topological polar surface area (TPSA) is 0 Å². The molecule has 2 atom stereocenters. The van der Waals surface area contributed by atoms with Crippen molar-refractivity contribution >= 4 is 23.6 Å². The van der Waals surface area contributed by atoms with Crippen LogP contribution in [0.15, 0.2) is 82.6 Å². The number of allylic oxidation sites excluding steroid dienone is 4.